The van der Waals surface area contributed by atoms with Crippen molar-refractivity contribution < 1.29 is 0 Å². The van der Waals surface area contributed by atoms with Gasteiger partial charge in [0.15, 0.2) is 5.82 Å². The van der Waals surface area contributed by atoms with Gasteiger partial charge in [-0.2, -0.15) is 0 Å². The van der Waals surface area contributed by atoms with Crippen LogP contribution >= 0.6 is 11.6 Å². The van der Waals surface area contributed by atoms with E-state index in [1.165, 1.54) is 0 Å². The Bertz CT molecular complexity index is 425. The van der Waals surface area contributed by atoms with E-state index in [2.05, 4.69) is 17.2 Å². The highest BCUT2D eigenvalue weighted by Gasteiger charge is 2.10. The number of nitrogens with one attached hydrogen (secondary N) is 1. The Hall–Kier alpha value is -1.03. The summed E-state index contributed by atoms with van der Waals surface area (Å²) in [6.07, 6.45) is 6.60. The van der Waals surface area contributed by atoms with Gasteiger partial charge >= 0.3 is 0 Å². The van der Waals surface area contributed by atoms with Crippen molar-refractivity contribution in [2.75, 3.05) is 17.7 Å². The molecule has 0 fully saturated rings. The molecular formula is C14H24ClN3O. The zero-order valence-corrected chi connectivity index (χ0v) is 12.8. The number of aromatic nitrogens is 2. The van der Waals surface area contributed by atoms with Gasteiger partial charge in [0.25, 0.3) is 5.56 Å². The van der Waals surface area contributed by atoms with Crippen LogP contribution in [0.5, 0.6) is 0 Å². The van der Waals surface area contributed by atoms with Crippen LogP contribution < -0.4 is 10.9 Å². The molecule has 0 aromatic carbocycles. The zero-order valence-electron chi connectivity index (χ0n) is 12.0. The second-order valence-corrected chi connectivity index (χ2v) is 5.47. The lowest BCUT2D eigenvalue weighted by Crippen LogP contribution is -2.27. The van der Waals surface area contributed by atoms with Crippen LogP contribution in [0.1, 0.15) is 46.1 Å². The smallest absolute Gasteiger partial charge is 0.293 e. The average molecular weight is 286 g/mol. The van der Waals surface area contributed by atoms with Crippen LogP contribution in [0, 0.1) is 5.92 Å². The molecule has 0 saturated carbocycles. The lowest BCUT2D eigenvalue weighted by atomic mass is 10.0. The lowest BCUT2D eigenvalue weighted by Gasteiger charge is -2.16. The van der Waals surface area contributed by atoms with Crippen LogP contribution in [0.15, 0.2) is 17.2 Å². The number of rotatable bonds is 8. The Morgan fingerprint density at radius 1 is 1.42 bits per heavy atom. The molecule has 1 N–H and O–H groups in total. The summed E-state index contributed by atoms with van der Waals surface area (Å²) in [5.41, 5.74) is -0.0568. The van der Waals surface area contributed by atoms with E-state index in [4.69, 9.17) is 11.6 Å². The van der Waals surface area contributed by atoms with Crippen molar-refractivity contribution >= 4 is 17.4 Å². The molecule has 1 heterocycles. The second-order valence-electron chi connectivity index (χ2n) is 5.10. The van der Waals surface area contributed by atoms with Crippen molar-refractivity contribution in [2.45, 2.75) is 46.1 Å². The highest BCUT2D eigenvalue weighted by molar-refractivity contribution is 6.17. The van der Waals surface area contributed by atoms with Crippen LogP contribution in [0.2, 0.25) is 0 Å². The van der Waals surface area contributed by atoms with Gasteiger partial charge < -0.3 is 9.88 Å². The number of hydrogen-bond acceptors (Lipinski definition) is 3. The molecule has 4 nitrogen and oxygen atoms in total. The van der Waals surface area contributed by atoms with Crippen LogP contribution in [-0.4, -0.2) is 22.0 Å². The van der Waals surface area contributed by atoms with Crippen molar-refractivity contribution in [3.8, 4) is 0 Å². The molecule has 0 saturated heterocycles. The van der Waals surface area contributed by atoms with Crippen LogP contribution in [0.4, 0.5) is 5.82 Å². The van der Waals surface area contributed by atoms with Crippen molar-refractivity contribution in [3.63, 3.8) is 0 Å². The molecule has 0 bridgehead atoms. The Morgan fingerprint density at radius 2 is 2.16 bits per heavy atom. The first-order valence-corrected chi connectivity index (χ1v) is 7.50. The zero-order chi connectivity index (χ0) is 14.3. The molecule has 0 aliphatic rings. The topological polar surface area (TPSA) is 46.9 Å². The highest BCUT2D eigenvalue weighted by Crippen LogP contribution is 2.12. The van der Waals surface area contributed by atoms with E-state index in [-0.39, 0.29) is 11.6 Å². The molecule has 0 aliphatic heterocycles. The van der Waals surface area contributed by atoms with E-state index >= 15 is 0 Å². The first-order valence-electron chi connectivity index (χ1n) is 6.97. The Labute approximate surface area is 120 Å². The highest BCUT2D eigenvalue weighted by atomic mass is 35.5. The maximum Gasteiger partial charge on any atom is 0.293 e. The SMILES string of the molecule is CCCC(CCCl)CNc1nccn(C(C)C)c1=O. The summed E-state index contributed by atoms with van der Waals surface area (Å²) in [6, 6.07) is 0.144. The number of hydrogen-bond donors (Lipinski definition) is 1. The van der Waals surface area contributed by atoms with E-state index in [0.29, 0.717) is 17.6 Å². The fourth-order valence-electron chi connectivity index (χ4n) is 2.10. The fourth-order valence-corrected chi connectivity index (χ4v) is 2.41. The van der Waals surface area contributed by atoms with Gasteiger partial charge in [0.05, 0.1) is 0 Å². The first kappa shape index (κ1) is 16.0. The predicted octanol–water partition coefficient (Wildman–Crippen LogP) is 3.28. The number of anilines is 1. The molecule has 1 aromatic rings. The molecule has 1 aromatic heterocycles. The summed E-state index contributed by atoms with van der Waals surface area (Å²) in [4.78, 5) is 16.3. The maximum atomic E-state index is 12.2. The van der Waals surface area contributed by atoms with Gasteiger partial charge in [0, 0.05) is 30.9 Å². The van der Waals surface area contributed by atoms with Gasteiger partial charge in [0.2, 0.25) is 0 Å². The van der Waals surface area contributed by atoms with E-state index in [1.807, 2.05) is 13.8 Å². The second kappa shape index (κ2) is 8.20. The monoisotopic (exact) mass is 285 g/mol. The van der Waals surface area contributed by atoms with E-state index in [1.54, 1.807) is 17.0 Å². The van der Waals surface area contributed by atoms with Gasteiger partial charge in [-0.15, -0.1) is 11.6 Å². The maximum absolute atomic E-state index is 12.2. The normalized spacial score (nSPS) is 12.7. The Kier molecular flexibility index (Phi) is 6.92. The van der Waals surface area contributed by atoms with Crippen molar-refractivity contribution in [1.29, 1.82) is 0 Å². The quantitative estimate of drug-likeness (QED) is 0.746. The van der Waals surface area contributed by atoms with Gasteiger partial charge in [0.1, 0.15) is 0 Å². The molecule has 5 heteroatoms. The van der Waals surface area contributed by atoms with Crippen molar-refractivity contribution in [2.24, 2.45) is 5.92 Å². The van der Waals surface area contributed by atoms with Crippen molar-refractivity contribution in [3.05, 3.63) is 22.7 Å². The van der Waals surface area contributed by atoms with Gasteiger partial charge in [-0.1, -0.05) is 13.3 Å². The average Bonchev–Trinajstić information content (AvgIpc) is 2.37. The fraction of sp³-hybridized carbons (Fsp3) is 0.714. The van der Waals surface area contributed by atoms with Gasteiger partial charge in [-0.05, 0) is 32.6 Å². The van der Waals surface area contributed by atoms with E-state index < -0.39 is 0 Å². The van der Waals surface area contributed by atoms with Gasteiger partial charge in [-0.3, -0.25) is 4.79 Å². The molecule has 1 atom stereocenters. The molecule has 1 unspecified atom stereocenters. The largest absolute Gasteiger partial charge is 0.365 e. The van der Waals surface area contributed by atoms with Crippen LogP contribution in [-0.2, 0) is 0 Å². The number of nitrogens with zero attached hydrogens (tertiary/aromatic N) is 2. The third kappa shape index (κ3) is 4.86. The molecule has 0 amide bonds. The molecule has 1 rings (SSSR count). The molecule has 0 radical (unpaired) electrons. The van der Waals surface area contributed by atoms with Crippen molar-refractivity contribution in [1.82, 2.24) is 9.55 Å². The van der Waals surface area contributed by atoms with E-state index in [0.717, 1.165) is 25.8 Å². The standard InChI is InChI=1S/C14H24ClN3O/c1-4-5-12(6-7-15)10-17-13-14(19)18(11(2)3)9-8-16-13/h8-9,11-12H,4-7,10H2,1-3H3,(H,16,17). The summed E-state index contributed by atoms with van der Waals surface area (Å²) < 4.78 is 1.69. The Balaban J connectivity index is 2.71. The first-order chi connectivity index (χ1) is 9.10. The minimum Gasteiger partial charge on any atom is -0.365 e. The van der Waals surface area contributed by atoms with Crippen LogP contribution in [0.25, 0.3) is 0 Å². The van der Waals surface area contributed by atoms with Gasteiger partial charge in [-0.25, -0.2) is 4.98 Å². The Morgan fingerprint density at radius 3 is 2.74 bits per heavy atom. The third-order valence-corrected chi connectivity index (χ3v) is 3.42. The minimum absolute atomic E-state index is 0.0568. The predicted molar refractivity (Wildman–Crippen MR) is 81.1 cm³/mol. The summed E-state index contributed by atoms with van der Waals surface area (Å²) in [5.74, 6) is 1.59. The molecule has 19 heavy (non-hydrogen) atoms. The number of alkyl halides is 1. The molecular weight excluding hydrogens is 262 g/mol. The summed E-state index contributed by atoms with van der Waals surface area (Å²) in [7, 11) is 0. The number of halogens is 1. The van der Waals surface area contributed by atoms with E-state index in [9.17, 15) is 4.79 Å². The molecule has 108 valence electrons. The molecule has 0 aliphatic carbocycles. The third-order valence-electron chi connectivity index (χ3n) is 3.20. The van der Waals surface area contributed by atoms with Crippen LogP contribution in [0.3, 0.4) is 0 Å². The summed E-state index contributed by atoms with van der Waals surface area (Å²) in [5, 5.41) is 3.17. The minimum atomic E-state index is -0.0568. The molecule has 0 spiro atoms. The summed E-state index contributed by atoms with van der Waals surface area (Å²) >= 11 is 5.80. The summed E-state index contributed by atoms with van der Waals surface area (Å²) in [6.45, 7) is 6.88. The lowest BCUT2D eigenvalue weighted by molar-refractivity contribution is 0.488.